The van der Waals surface area contributed by atoms with Gasteiger partial charge in [-0.25, -0.2) is 4.39 Å². The van der Waals surface area contributed by atoms with E-state index < -0.39 is 0 Å². The summed E-state index contributed by atoms with van der Waals surface area (Å²) in [5, 5.41) is 5.85. The van der Waals surface area contributed by atoms with Gasteiger partial charge in [-0.15, -0.1) is 12.4 Å². The lowest BCUT2D eigenvalue weighted by atomic mass is 10.3. The van der Waals surface area contributed by atoms with Crippen LogP contribution >= 0.6 is 12.4 Å². The zero-order chi connectivity index (χ0) is 14.1. The van der Waals surface area contributed by atoms with Gasteiger partial charge in [-0.3, -0.25) is 4.79 Å². The van der Waals surface area contributed by atoms with E-state index in [9.17, 15) is 9.18 Å². The van der Waals surface area contributed by atoms with Gasteiger partial charge in [-0.2, -0.15) is 0 Å². The van der Waals surface area contributed by atoms with E-state index in [1.807, 2.05) is 14.0 Å². The van der Waals surface area contributed by atoms with Crippen LogP contribution < -0.4 is 15.4 Å². The number of benzene rings is 1. The molecule has 0 aliphatic rings. The lowest BCUT2D eigenvalue weighted by molar-refractivity contribution is -0.121. The van der Waals surface area contributed by atoms with Crippen LogP contribution in [-0.4, -0.2) is 32.1 Å². The Morgan fingerprint density at radius 3 is 2.75 bits per heavy atom. The molecule has 0 saturated heterocycles. The largest absolute Gasteiger partial charge is 0.491 e. The second kappa shape index (κ2) is 10.5. The molecule has 4 nitrogen and oxygen atoms in total. The average molecular weight is 305 g/mol. The third-order valence-electron chi connectivity index (χ3n) is 2.74. The van der Waals surface area contributed by atoms with E-state index in [4.69, 9.17) is 4.74 Å². The molecule has 1 amide bonds. The maximum atomic E-state index is 13.2. The molecule has 1 atom stereocenters. The summed E-state index contributed by atoms with van der Waals surface area (Å²) in [6, 6.07) is 6.49. The topological polar surface area (TPSA) is 50.4 Å². The van der Waals surface area contributed by atoms with Crippen LogP contribution in [0, 0.1) is 5.82 Å². The van der Waals surface area contributed by atoms with Gasteiger partial charge in [-0.05, 0) is 32.5 Å². The van der Waals surface area contributed by atoms with E-state index in [2.05, 4.69) is 10.6 Å². The van der Waals surface area contributed by atoms with E-state index in [1.165, 1.54) is 6.07 Å². The van der Waals surface area contributed by atoms with Crippen LogP contribution in [0.1, 0.15) is 19.8 Å². The van der Waals surface area contributed by atoms with Gasteiger partial charge in [0, 0.05) is 19.0 Å². The third-order valence-corrected chi connectivity index (χ3v) is 2.74. The zero-order valence-electron chi connectivity index (χ0n) is 11.8. The maximum absolute atomic E-state index is 13.2. The number of carbonyl (C=O) groups is 1. The van der Waals surface area contributed by atoms with Crippen LogP contribution in [0.3, 0.4) is 0 Å². The summed E-state index contributed by atoms with van der Waals surface area (Å²) < 4.78 is 18.5. The van der Waals surface area contributed by atoms with Crippen LogP contribution in [0.4, 0.5) is 4.39 Å². The normalized spacial score (nSPS) is 11.3. The molecule has 0 bridgehead atoms. The fraction of sp³-hybridized carbons (Fsp3) is 0.500. The summed E-state index contributed by atoms with van der Waals surface area (Å²) in [6.07, 6.45) is 0.943. The standard InChI is InChI=1S/C14H21FN2O2.ClH/c1-11(16-2)10-17-14(18)8-5-9-19-13-7-4-3-6-12(13)15;/h3-4,6-7,11,16H,5,8-10H2,1-2H3,(H,17,18);1H. The van der Waals surface area contributed by atoms with Crippen molar-refractivity contribution in [1.29, 1.82) is 0 Å². The summed E-state index contributed by atoms with van der Waals surface area (Å²) in [6.45, 7) is 2.92. The highest BCUT2D eigenvalue weighted by molar-refractivity contribution is 5.85. The van der Waals surface area contributed by atoms with Crippen LogP contribution in [0.25, 0.3) is 0 Å². The van der Waals surface area contributed by atoms with Gasteiger partial charge < -0.3 is 15.4 Å². The lowest BCUT2D eigenvalue weighted by Crippen LogP contribution is -2.37. The summed E-state index contributed by atoms with van der Waals surface area (Å²) in [4.78, 5) is 11.5. The van der Waals surface area contributed by atoms with E-state index in [0.717, 1.165) is 0 Å². The molecule has 1 aromatic carbocycles. The molecule has 20 heavy (non-hydrogen) atoms. The molecule has 2 N–H and O–H groups in total. The quantitative estimate of drug-likeness (QED) is 0.723. The second-order valence-electron chi connectivity index (χ2n) is 4.38. The number of likely N-dealkylation sites (N-methyl/N-ethyl adjacent to an activating group) is 1. The second-order valence-corrected chi connectivity index (χ2v) is 4.38. The van der Waals surface area contributed by atoms with Crippen molar-refractivity contribution < 1.29 is 13.9 Å². The van der Waals surface area contributed by atoms with Crippen LogP contribution in [0.2, 0.25) is 0 Å². The van der Waals surface area contributed by atoms with Gasteiger partial charge >= 0.3 is 0 Å². The van der Waals surface area contributed by atoms with Crippen molar-refractivity contribution in [3.63, 3.8) is 0 Å². The molecule has 0 heterocycles. The number of para-hydroxylation sites is 1. The predicted octanol–water partition coefficient (Wildman–Crippen LogP) is 2.13. The highest BCUT2D eigenvalue weighted by Crippen LogP contribution is 2.15. The third kappa shape index (κ3) is 7.31. The van der Waals surface area contributed by atoms with Crippen LogP contribution in [0.15, 0.2) is 24.3 Å². The Labute approximate surface area is 125 Å². The predicted molar refractivity (Wildman–Crippen MR) is 79.9 cm³/mol. The fourth-order valence-corrected chi connectivity index (χ4v) is 1.43. The van der Waals surface area contributed by atoms with Crippen molar-refractivity contribution in [3.8, 4) is 5.75 Å². The van der Waals surface area contributed by atoms with Crippen molar-refractivity contribution in [1.82, 2.24) is 10.6 Å². The molecule has 1 unspecified atom stereocenters. The Bertz CT molecular complexity index is 405. The maximum Gasteiger partial charge on any atom is 0.220 e. The number of amides is 1. The number of rotatable bonds is 8. The van der Waals surface area contributed by atoms with Crippen molar-refractivity contribution in [2.45, 2.75) is 25.8 Å². The monoisotopic (exact) mass is 304 g/mol. The first-order chi connectivity index (χ1) is 9.13. The number of hydrogen-bond acceptors (Lipinski definition) is 3. The first-order valence-electron chi connectivity index (χ1n) is 6.44. The molecular formula is C14H22ClFN2O2. The average Bonchev–Trinajstić information content (AvgIpc) is 2.42. The van der Waals surface area contributed by atoms with Crippen molar-refractivity contribution in [3.05, 3.63) is 30.1 Å². The number of nitrogens with one attached hydrogen (secondary N) is 2. The molecule has 0 aliphatic heterocycles. The molecule has 0 aliphatic carbocycles. The summed E-state index contributed by atoms with van der Waals surface area (Å²) in [5.74, 6) is -0.166. The van der Waals surface area contributed by atoms with E-state index in [1.54, 1.807) is 18.2 Å². The molecule has 0 saturated carbocycles. The van der Waals surface area contributed by atoms with Gasteiger partial charge in [0.05, 0.1) is 6.61 Å². The molecular weight excluding hydrogens is 283 g/mol. The van der Waals surface area contributed by atoms with Crippen molar-refractivity contribution >= 4 is 18.3 Å². The van der Waals surface area contributed by atoms with E-state index >= 15 is 0 Å². The summed E-state index contributed by atoms with van der Waals surface area (Å²) in [7, 11) is 1.85. The fourth-order valence-electron chi connectivity index (χ4n) is 1.43. The van der Waals surface area contributed by atoms with Crippen molar-refractivity contribution in [2.24, 2.45) is 0 Å². The SMILES string of the molecule is CNC(C)CNC(=O)CCCOc1ccccc1F.Cl. The van der Waals surface area contributed by atoms with E-state index in [-0.39, 0.29) is 35.9 Å². The lowest BCUT2D eigenvalue weighted by Gasteiger charge is -2.11. The Morgan fingerprint density at radius 2 is 2.10 bits per heavy atom. The van der Waals surface area contributed by atoms with Gasteiger partial charge in [0.25, 0.3) is 0 Å². The minimum Gasteiger partial charge on any atom is -0.491 e. The highest BCUT2D eigenvalue weighted by Gasteiger charge is 2.05. The first-order valence-corrected chi connectivity index (χ1v) is 6.44. The molecule has 0 spiro atoms. The van der Waals surface area contributed by atoms with Gasteiger partial charge in [0.15, 0.2) is 11.6 Å². The number of hydrogen-bond donors (Lipinski definition) is 2. The highest BCUT2D eigenvalue weighted by atomic mass is 35.5. The van der Waals surface area contributed by atoms with Crippen LogP contribution in [-0.2, 0) is 4.79 Å². The molecule has 1 aromatic rings. The zero-order valence-corrected chi connectivity index (χ0v) is 12.6. The van der Waals surface area contributed by atoms with Gasteiger partial charge in [0.1, 0.15) is 0 Å². The summed E-state index contributed by atoms with van der Waals surface area (Å²) in [5.41, 5.74) is 0. The van der Waals surface area contributed by atoms with Gasteiger partial charge in [0.2, 0.25) is 5.91 Å². The Hall–Kier alpha value is -1.33. The smallest absolute Gasteiger partial charge is 0.220 e. The molecule has 1 rings (SSSR count). The summed E-state index contributed by atoms with van der Waals surface area (Å²) >= 11 is 0. The Morgan fingerprint density at radius 1 is 1.40 bits per heavy atom. The molecule has 6 heteroatoms. The van der Waals surface area contributed by atoms with Crippen LogP contribution in [0.5, 0.6) is 5.75 Å². The Balaban J connectivity index is 0.00000361. The van der Waals surface area contributed by atoms with Gasteiger partial charge in [-0.1, -0.05) is 12.1 Å². The Kier molecular flexibility index (Phi) is 9.76. The first kappa shape index (κ1) is 18.7. The number of carbonyl (C=O) groups excluding carboxylic acids is 1. The molecule has 0 radical (unpaired) electrons. The minimum absolute atomic E-state index is 0. The molecule has 0 fully saturated rings. The molecule has 0 aromatic heterocycles. The minimum atomic E-state index is -0.380. The van der Waals surface area contributed by atoms with Crippen molar-refractivity contribution in [2.75, 3.05) is 20.2 Å². The number of ether oxygens (including phenoxy) is 1. The number of halogens is 2. The molecule has 114 valence electrons. The van der Waals surface area contributed by atoms with E-state index in [0.29, 0.717) is 26.0 Å².